The first-order valence-electron chi connectivity index (χ1n) is 12.3. The summed E-state index contributed by atoms with van der Waals surface area (Å²) in [5.41, 5.74) is 1.89. The maximum absolute atomic E-state index is 12.9. The second kappa shape index (κ2) is 12.4. The van der Waals surface area contributed by atoms with Crippen LogP contribution in [0.15, 0.2) is 24.3 Å². The van der Waals surface area contributed by atoms with Gasteiger partial charge in [-0.05, 0) is 58.9 Å². The Balaban J connectivity index is 0.00000114. The fourth-order valence-electron chi connectivity index (χ4n) is 4.43. The average Bonchev–Trinajstić information content (AvgIpc) is 2.76. The third kappa shape index (κ3) is 7.04. The normalized spacial score (nSPS) is 22.5. The Morgan fingerprint density at radius 2 is 1.50 bits per heavy atom. The summed E-state index contributed by atoms with van der Waals surface area (Å²) in [4.78, 5) is 33.6. The van der Waals surface area contributed by atoms with Gasteiger partial charge in [-0.15, -0.1) is 0 Å². The molecule has 6 heteroatoms. The highest BCUT2D eigenvalue weighted by molar-refractivity contribution is 5.94. The lowest BCUT2D eigenvalue weighted by Gasteiger charge is -2.46. The summed E-state index contributed by atoms with van der Waals surface area (Å²) < 4.78 is 0. The molecule has 6 nitrogen and oxygen atoms in total. The van der Waals surface area contributed by atoms with E-state index >= 15 is 0 Å². The Labute approximate surface area is 195 Å². The van der Waals surface area contributed by atoms with E-state index in [4.69, 9.17) is 0 Å². The zero-order valence-corrected chi connectivity index (χ0v) is 21.3. The van der Waals surface area contributed by atoms with Crippen LogP contribution in [0.1, 0.15) is 65.2 Å². The summed E-state index contributed by atoms with van der Waals surface area (Å²) in [5, 5.41) is 0. The average molecular weight is 445 g/mol. The fourth-order valence-corrected chi connectivity index (χ4v) is 4.43. The number of hydrogen-bond donors (Lipinski definition) is 0. The van der Waals surface area contributed by atoms with Gasteiger partial charge in [-0.1, -0.05) is 20.3 Å². The summed E-state index contributed by atoms with van der Waals surface area (Å²) in [5.74, 6) is 0.349. The zero-order valence-electron chi connectivity index (χ0n) is 21.3. The molecule has 1 aromatic carbocycles. The summed E-state index contributed by atoms with van der Waals surface area (Å²) in [6, 6.07) is 9.05. The Morgan fingerprint density at radius 3 is 2.00 bits per heavy atom. The summed E-state index contributed by atoms with van der Waals surface area (Å²) >= 11 is 0. The first-order chi connectivity index (χ1) is 15.2. The van der Waals surface area contributed by atoms with Gasteiger partial charge in [0.1, 0.15) is 0 Å². The predicted octanol–water partition coefficient (Wildman–Crippen LogP) is 3.76. The molecular formula is C26H44N4O2. The molecule has 2 aliphatic heterocycles. The number of nitrogens with zero attached hydrogens (tertiary/aromatic N) is 4. The van der Waals surface area contributed by atoms with Crippen LogP contribution in [0.2, 0.25) is 0 Å². The molecule has 0 aromatic heterocycles. The van der Waals surface area contributed by atoms with Crippen LogP contribution in [0.5, 0.6) is 0 Å². The zero-order chi connectivity index (χ0) is 23.8. The summed E-state index contributed by atoms with van der Waals surface area (Å²) in [6.45, 7) is 20.6. The smallest absolute Gasteiger partial charge is 0.236 e. The number of carbonyl (C=O) groups is 2. The molecule has 3 rings (SSSR count). The van der Waals surface area contributed by atoms with E-state index in [9.17, 15) is 9.59 Å². The van der Waals surface area contributed by atoms with E-state index in [2.05, 4.69) is 56.2 Å². The maximum Gasteiger partial charge on any atom is 0.236 e. The summed E-state index contributed by atoms with van der Waals surface area (Å²) in [7, 11) is 0. The van der Waals surface area contributed by atoms with Crippen LogP contribution in [-0.4, -0.2) is 90.3 Å². The van der Waals surface area contributed by atoms with Crippen LogP contribution in [-0.2, 0) is 4.79 Å². The molecule has 0 spiro atoms. The summed E-state index contributed by atoms with van der Waals surface area (Å²) in [6.07, 6.45) is 1.25. The molecule has 2 atom stereocenters. The molecule has 2 heterocycles. The molecule has 180 valence electrons. The van der Waals surface area contributed by atoms with Crippen LogP contribution >= 0.6 is 0 Å². The number of hydrogen-bond acceptors (Lipinski definition) is 5. The number of anilines is 1. The standard InChI is InChI=1S/C23H36N4O2.C3H8/c1-17(2)24-10-12-25(13-11-24)23(29)16-26-14-19(4)27(15-18(26)3)22-8-6-21(7-9-22)20(5)28;1-3-2/h6-9,17-19H,10-16H2,1-5H3;3H2,1-2H3/t18?,19-;/m0./s1. The van der Waals surface area contributed by atoms with Crippen LogP contribution in [0, 0.1) is 0 Å². The minimum Gasteiger partial charge on any atom is -0.366 e. The monoisotopic (exact) mass is 444 g/mol. The Hall–Kier alpha value is -1.92. The first-order valence-corrected chi connectivity index (χ1v) is 12.3. The van der Waals surface area contributed by atoms with Crippen molar-refractivity contribution in [3.8, 4) is 0 Å². The van der Waals surface area contributed by atoms with Crippen molar-refractivity contribution in [2.45, 2.75) is 73.0 Å². The van der Waals surface area contributed by atoms with Crippen molar-refractivity contribution in [2.24, 2.45) is 0 Å². The number of rotatable bonds is 5. The molecule has 2 saturated heterocycles. The van der Waals surface area contributed by atoms with Gasteiger partial charge in [0.15, 0.2) is 5.78 Å². The number of carbonyl (C=O) groups excluding carboxylic acids is 2. The van der Waals surface area contributed by atoms with Gasteiger partial charge < -0.3 is 9.80 Å². The Morgan fingerprint density at radius 1 is 0.938 bits per heavy atom. The minimum absolute atomic E-state index is 0.0931. The quantitative estimate of drug-likeness (QED) is 0.647. The van der Waals surface area contributed by atoms with Gasteiger partial charge in [0.25, 0.3) is 0 Å². The molecule has 0 bridgehead atoms. The van der Waals surface area contributed by atoms with Gasteiger partial charge in [-0.25, -0.2) is 0 Å². The number of benzene rings is 1. The van der Waals surface area contributed by atoms with Crippen molar-refractivity contribution in [3.05, 3.63) is 29.8 Å². The van der Waals surface area contributed by atoms with Gasteiger partial charge in [0.2, 0.25) is 5.91 Å². The molecule has 32 heavy (non-hydrogen) atoms. The second-order valence-electron chi connectivity index (χ2n) is 9.60. The fraction of sp³-hybridized carbons (Fsp3) is 0.692. The minimum atomic E-state index is 0.0931. The van der Waals surface area contributed by atoms with Crippen molar-refractivity contribution < 1.29 is 9.59 Å². The van der Waals surface area contributed by atoms with Crippen LogP contribution in [0.4, 0.5) is 5.69 Å². The molecular weight excluding hydrogens is 400 g/mol. The molecule has 2 fully saturated rings. The number of Topliss-reactive ketones (excluding diaryl/α,β-unsaturated/α-hetero) is 1. The molecule has 0 saturated carbocycles. The highest BCUT2D eigenvalue weighted by Gasteiger charge is 2.32. The molecule has 0 aliphatic carbocycles. The largest absolute Gasteiger partial charge is 0.366 e. The third-order valence-electron chi connectivity index (χ3n) is 6.46. The third-order valence-corrected chi connectivity index (χ3v) is 6.46. The lowest BCUT2D eigenvalue weighted by atomic mass is 10.1. The van der Waals surface area contributed by atoms with E-state index in [1.165, 1.54) is 6.42 Å². The predicted molar refractivity (Wildman–Crippen MR) is 134 cm³/mol. The van der Waals surface area contributed by atoms with E-state index in [0.29, 0.717) is 24.7 Å². The van der Waals surface area contributed by atoms with E-state index < -0.39 is 0 Å². The van der Waals surface area contributed by atoms with Crippen LogP contribution < -0.4 is 4.90 Å². The van der Waals surface area contributed by atoms with Gasteiger partial charge in [-0.3, -0.25) is 19.4 Å². The number of piperazine rings is 2. The highest BCUT2D eigenvalue weighted by atomic mass is 16.2. The van der Waals surface area contributed by atoms with E-state index in [0.717, 1.165) is 50.5 Å². The SMILES string of the molecule is CC(=O)c1ccc(N2CC(C)N(CC(=O)N3CCN(C(C)C)CC3)C[C@@H]2C)cc1.CCC. The lowest BCUT2D eigenvalue weighted by molar-refractivity contribution is -0.135. The van der Waals surface area contributed by atoms with E-state index in [-0.39, 0.29) is 11.7 Å². The molecule has 0 radical (unpaired) electrons. The van der Waals surface area contributed by atoms with Crippen LogP contribution in [0.25, 0.3) is 0 Å². The lowest BCUT2D eigenvalue weighted by Crippen LogP contribution is -2.59. The van der Waals surface area contributed by atoms with Crippen molar-refractivity contribution in [3.63, 3.8) is 0 Å². The molecule has 2 aliphatic rings. The Bertz CT molecular complexity index is 726. The topological polar surface area (TPSA) is 47.1 Å². The molecule has 1 amide bonds. The molecule has 0 N–H and O–H groups in total. The first kappa shape index (κ1) is 26.3. The van der Waals surface area contributed by atoms with Gasteiger partial charge >= 0.3 is 0 Å². The Kier molecular flexibility index (Phi) is 10.2. The van der Waals surface area contributed by atoms with Gasteiger partial charge in [-0.2, -0.15) is 0 Å². The molecule has 1 unspecified atom stereocenters. The van der Waals surface area contributed by atoms with Crippen molar-refractivity contribution >= 4 is 17.4 Å². The van der Waals surface area contributed by atoms with Crippen LogP contribution in [0.3, 0.4) is 0 Å². The van der Waals surface area contributed by atoms with E-state index in [1.807, 2.05) is 29.2 Å². The van der Waals surface area contributed by atoms with Crippen molar-refractivity contribution in [1.29, 1.82) is 0 Å². The highest BCUT2D eigenvalue weighted by Crippen LogP contribution is 2.24. The molecule has 1 aromatic rings. The van der Waals surface area contributed by atoms with Gasteiger partial charge in [0.05, 0.1) is 6.54 Å². The van der Waals surface area contributed by atoms with Crippen molar-refractivity contribution in [2.75, 3.05) is 50.7 Å². The van der Waals surface area contributed by atoms with E-state index in [1.54, 1.807) is 6.92 Å². The van der Waals surface area contributed by atoms with Crippen molar-refractivity contribution in [1.82, 2.24) is 14.7 Å². The van der Waals surface area contributed by atoms with Gasteiger partial charge in [0, 0.05) is 68.6 Å². The number of amides is 1. The second-order valence-corrected chi connectivity index (χ2v) is 9.60. The maximum atomic E-state index is 12.9. The number of ketones is 1.